The molecule has 29 heavy (non-hydrogen) atoms. The molecule has 0 saturated carbocycles. The zero-order valence-electron chi connectivity index (χ0n) is 16.4. The van der Waals surface area contributed by atoms with Crippen LogP contribution in [0.4, 0.5) is 4.79 Å². The van der Waals surface area contributed by atoms with Crippen LogP contribution in [0.3, 0.4) is 0 Å². The molecule has 1 saturated heterocycles. The summed E-state index contributed by atoms with van der Waals surface area (Å²) in [5.41, 5.74) is 1.97. The predicted octanol–water partition coefficient (Wildman–Crippen LogP) is 2.64. The van der Waals surface area contributed by atoms with Gasteiger partial charge in [0.05, 0.1) is 30.5 Å². The van der Waals surface area contributed by atoms with Crippen LogP contribution < -0.4 is 5.32 Å². The third-order valence-electron chi connectivity index (χ3n) is 5.04. The van der Waals surface area contributed by atoms with Gasteiger partial charge in [-0.1, -0.05) is 48.0 Å². The van der Waals surface area contributed by atoms with E-state index in [0.29, 0.717) is 12.8 Å². The number of carbonyl (C=O) groups excluding carboxylic acids is 2. The summed E-state index contributed by atoms with van der Waals surface area (Å²) in [5.74, 6) is -0.569. The van der Waals surface area contributed by atoms with E-state index in [1.807, 2.05) is 37.3 Å². The first-order valence-electron chi connectivity index (χ1n) is 9.35. The normalized spacial score (nSPS) is 19.1. The van der Waals surface area contributed by atoms with E-state index < -0.39 is 34.1 Å². The van der Waals surface area contributed by atoms with Crippen LogP contribution in [0.25, 0.3) is 0 Å². The summed E-state index contributed by atoms with van der Waals surface area (Å²) < 4.78 is 31.9. The van der Waals surface area contributed by atoms with Gasteiger partial charge in [0, 0.05) is 0 Å². The van der Waals surface area contributed by atoms with Crippen molar-refractivity contribution in [1.29, 1.82) is 0 Å². The second-order valence-electron chi connectivity index (χ2n) is 7.04. The number of rotatable bonds is 7. The topological polar surface area (TPSA) is 92.8 Å². The summed E-state index contributed by atoms with van der Waals surface area (Å²) in [6.45, 7) is 1.85. The minimum atomic E-state index is -4.11. The molecule has 2 aromatic carbocycles. The van der Waals surface area contributed by atoms with E-state index in [9.17, 15) is 18.0 Å². The lowest BCUT2D eigenvalue weighted by atomic mass is 9.99. The summed E-state index contributed by atoms with van der Waals surface area (Å²) in [6.07, 6.45) is 0.930. The molecule has 2 amide bonds. The van der Waals surface area contributed by atoms with Crippen LogP contribution in [0, 0.1) is 6.92 Å². The quantitative estimate of drug-likeness (QED) is 0.701. The Morgan fingerprint density at radius 2 is 1.76 bits per heavy atom. The van der Waals surface area contributed by atoms with Crippen LogP contribution in [0.2, 0.25) is 0 Å². The standard InChI is InChI=1S/C21H24N2O5S/c1-15-8-11-17(12-9-15)29(26,27)23-19(14-20(24)28-2)18(22-21(23)25)13-10-16-6-4-3-5-7-16/h3-9,11-12,18-19H,10,13-14H2,1-2H3,(H,22,25)/t18-,19-/m1/s1. The van der Waals surface area contributed by atoms with Gasteiger partial charge in [0.2, 0.25) is 0 Å². The van der Waals surface area contributed by atoms with Crippen molar-refractivity contribution in [1.82, 2.24) is 9.62 Å². The number of nitrogens with one attached hydrogen (secondary N) is 1. The van der Waals surface area contributed by atoms with Crippen molar-refractivity contribution in [2.24, 2.45) is 0 Å². The van der Waals surface area contributed by atoms with Crippen molar-refractivity contribution in [3.05, 3.63) is 65.7 Å². The van der Waals surface area contributed by atoms with E-state index in [1.165, 1.54) is 19.2 Å². The summed E-state index contributed by atoms with van der Waals surface area (Å²) in [4.78, 5) is 24.6. The number of aryl methyl sites for hydroxylation is 2. The fourth-order valence-electron chi connectivity index (χ4n) is 3.45. The van der Waals surface area contributed by atoms with Gasteiger partial charge in [-0.25, -0.2) is 17.5 Å². The number of urea groups is 1. The minimum absolute atomic E-state index is 0.0109. The molecule has 8 heteroatoms. The number of sulfonamides is 1. The average molecular weight is 416 g/mol. The molecule has 0 unspecified atom stereocenters. The van der Waals surface area contributed by atoms with E-state index in [1.54, 1.807) is 12.1 Å². The molecular formula is C21H24N2O5S. The Morgan fingerprint density at radius 1 is 1.10 bits per heavy atom. The van der Waals surface area contributed by atoms with Crippen molar-refractivity contribution < 1.29 is 22.7 Å². The molecular weight excluding hydrogens is 392 g/mol. The number of carbonyl (C=O) groups is 2. The van der Waals surface area contributed by atoms with E-state index in [-0.39, 0.29) is 11.3 Å². The zero-order valence-corrected chi connectivity index (χ0v) is 17.2. The molecule has 3 rings (SSSR count). The molecule has 1 fully saturated rings. The Bertz CT molecular complexity index is 974. The smallest absolute Gasteiger partial charge is 0.331 e. The molecule has 2 aromatic rings. The van der Waals surface area contributed by atoms with Gasteiger partial charge < -0.3 is 10.1 Å². The van der Waals surface area contributed by atoms with Gasteiger partial charge in [-0.05, 0) is 37.5 Å². The van der Waals surface area contributed by atoms with Crippen molar-refractivity contribution in [3.63, 3.8) is 0 Å². The van der Waals surface area contributed by atoms with Gasteiger partial charge in [0.15, 0.2) is 0 Å². The average Bonchev–Trinajstić information content (AvgIpc) is 3.03. The zero-order chi connectivity index (χ0) is 21.0. The molecule has 1 aliphatic rings. The Labute approximate surface area is 170 Å². The molecule has 0 spiro atoms. The summed E-state index contributed by atoms with van der Waals surface area (Å²) in [5, 5.41) is 2.74. The Morgan fingerprint density at radius 3 is 2.38 bits per heavy atom. The molecule has 7 nitrogen and oxygen atoms in total. The monoisotopic (exact) mass is 416 g/mol. The molecule has 0 radical (unpaired) electrons. The van der Waals surface area contributed by atoms with Gasteiger partial charge in [-0.2, -0.15) is 0 Å². The predicted molar refractivity (Wildman–Crippen MR) is 108 cm³/mol. The number of amides is 2. The Kier molecular flexibility index (Phi) is 6.22. The number of esters is 1. The fourth-order valence-corrected chi connectivity index (χ4v) is 5.01. The molecule has 0 aliphatic carbocycles. The van der Waals surface area contributed by atoms with E-state index >= 15 is 0 Å². The SMILES string of the molecule is COC(=O)C[C@@H]1[C@@H](CCc2ccccc2)NC(=O)N1S(=O)(=O)c1ccc(C)cc1. The van der Waals surface area contributed by atoms with Crippen molar-refractivity contribution >= 4 is 22.0 Å². The van der Waals surface area contributed by atoms with Crippen molar-refractivity contribution in [2.45, 2.75) is 43.2 Å². The van der Waals surface area contributed by atoms with Gasteiger partial charge >= 0.3 is 12.0 Å². The first-order chi connectivity index (χ1) is 13.8. The van der Waals surface area contributed by atoms with Crippen molar-refractivity contribution in [3.8, 4) is 0 Å². The lowest BCUT2D eigenvalue weighted by Crippen LogP contribution is -2.42. The highest BCUT2D eigenvalue weighted by Gasteiger charge is 2.47. The van der Waals surface area contributed by atoms with Gasteiger partial charge in [0.25, 0.3) is 10.0 Å². The number of ether oxygens (including phenoxy) is 1. The van der Waals surface area contributed by atoms with Gasteiger partial charge in [-0.3, -0.25) is 4.79 Å². The first kappa shape index (κ1) is 20.9. The van der Waals surface area contributed by atoms with Crippen molar-refractivity contribution in [2.75, 3.05) is 7.11 Å². The largest absolute Gasteiger partial charge is 0.469 e. The van der Waals surface area contributed by atoms with E-state index in [2.05, 4.69) is 5.32 Å². The van der Waals surface area contributed by atoms with Crippen LogP contribution in [0.1, 0.15) is 24.0 Å². The summed E-state index contributed by atoms with van der Waals surface area (Å²) in [7, 11) is -2.87. The molecule has 154 valence electrons. The van der Waals surface area contributed by atoms with Gasteiger partial charge in [-0.15, -0.1) is 0 Å². The number of hydrogen-bond donors (Lipinski definition) is 1. The molecule has 0 aromatic heterocycles. The molecule has 1 heterocycles. The van der Waals surface area contributed by atoms with Crippen LogP contribution in [-0.4, -0.2) is 43.9 Å². The number of methoxy groups -OCH3 is 1. The van der Waals surface area contributed by atoms with Gasteiger partial charge in [0.1, 0.15) is 0 Å². The molecule has 0 bridgehead atoms. The Hall–Kier alpha value is -2.87. The third-order valence-corrected chi connectivity index (χ3v) is 6.87. The summed E-state index contributed by atoms with van der Waals surface area (Å²) in [6, 6.07) is 13.9. The maximum absolute atomic E-state index is 13.2. The molecule has 1 aliphatic heterocycles. The number of nitrogens with zero attached hydrogens (tertiary/aromatic N) is 1. The minimum Gasteiger partial charge on any atom is -0.469 e. The number of benzene rings is 2. The fraction of sp³-hybridized carbons (Fsp3) is 0.333. The second kappa shape index (κ2) is 8.65. The lowest BCUT2D eigenvalue weighted by Gasteiger charge is -2.25. The van der Waals surface area contributed by atoms with Crippen LogP contribution in [-0.2, 0) is 26.0 Å². The highest BCUT2D eigenvalue weighted by Crippen LogP contribution is 2.28. The maximum atomic E-state index is 13.2. The highest BCUT2D eigenvalue weighted by molar-refractivity contribution is 7.89. The first-order valence-corrected chi connectivity index (χ1v) is 10.8. The van der Waals surface area contributed by atoms with Crippen LogP contribution in [0.5, 0.6) is 0 Å². The third kappa shape index (κ3) is 4.59. The lowest BCUT2D eigenvalue weighted by molar-refractivity contribution is -0.141. The summed E-state index contributed by atoms with van der Waals surface area (Å²) >= 11 is 0. The Balaban J connectivity index is 1.88. The number of hydrogen-bond acceptors (Lipinski definition) is 5. The maximum Gasteiger partial charge on any atom is 0.331 e. The van der Waals surface area contributed by atoms with Crippen LogP contribution >= 0.6 is 0 Å². The van der Waals surface area contributed by atoms with E-state index in [4.69, 9.17) is 4.74 Å². The highest BCUT2D eigenvalue weighted by atomic mass is 32.2. The van der Waals surface area contributed by atoms with E-state index in [0.717, 1.165) is 15.4 Å². The second-order valence-corrected chi connectivity index (χ2v) is 8.86. The van der Waals surface area contributed by atoms with Crippen LogP contribution in [0.15, 0.2) is 59.5 Å². The molecule has 1 N–H and O–H groups in total. The molecule has 2 atom stereocenters.